The summed E-state index contributed by atoms with van der Waals surface area (Å²) < 4.78 is 18.1. The number of carbonyl (C=O) groups is 1. The van der Waals surface area contributed by atoms with E-state index in [1.165, 1.54) is 7.11 Å². The molecule has 7 heteroatoms. The predicted molar refractivity (Wildman–Crippen MR) is 164 cm³/mol. The summed E-state index contributed by atoms with van der Waals surface area (Å²) in [5.41, 5.74) is 2.78. The highest BCUT2D eigenvalue weighted by Gasteiger charge is 2.51. The lowest BCUT2D eigenvalue weighted by Gasteiger charge is -2.39. The molecule has 0 saturated carbocycles. The van der Waals surface area contributed by atoms with E-state index >= 15 is 0 Å². The van der Waals surface area contributed by atoms with E-state index in [2.05, 4.69) is 47.0 Å². The lowest BCUT2D eigenvalue weighted by atomic mass is 9.77. The molecule has 0 unspecified atom stereocenters. The fraction of sp³-hybridized carbons (Fsp3) is 0.265. The molecule has 0 radical (unpaired) electrons. The molecule has 1 aliphatic heterocycles. The molecule has 6 nitrogen and oxygen atoms in total. The molecule has 4 aromatic rings. The number of nitrogens with one attached hydrogen (secondary N) is 2. The van der Waals surface area contributed by atoms with Crippen LogP contribution in [0.1, 0.15) is 44.4 Å². The van der Waals surface area contributed by atoms with Crippen LogP contribution in [0, 0.1) is 0 Å². The molecular weight excluding hydrogens is 511 g/mol. The topological polar surface area (TPSA) is 68.8 Å². The number of ether oxygens (including phenoxy) is 1. The van der Waals surface area contributed by atoms with Gasteiger partial charge in [-0.15, -0.1) is 0 Å². The molecular formula is C34H37BN2O4. The van der Waals surface area contributed by atoms with Crippen LogP contribution in [0.2, 0.25) is 0 Å². The molecule has 1 saturated heterocycles. The maximum absolute atomic E-state index is 13.7. The summed E-state index contributed by atoms with van der Waals surface area (Å²) >= 11 is 0. The van der Waals surface area contributed by atoms with Crippen molar-refractivity contribution in [3.05, 3.63) is 132 Å². The van der Waals surface area contributed by atoms with Gasteiger partial charge in [-0.3, -0.25) is 10.1 Å². The molecule has 4 aromatic carbocycles. The SMILES string of the molecule is CO[C@@H](NC(c1ccccc1)(c1ccccc1)c1ccccc1)C(=O)Nc1ccc(B2OC(C)(C)C(C)(C)O2)cc1. The maximum atomic E-state index is 13.7. The Morgan fingerprint density at radius 1 is 0.707 bits per heavy atom. The Morgan fingerprint density at radius 3 is 1.51 bits per heavy atom. The Balaban J connectivity index is 1.43. The summed E-state index contributed by atoms with van der Waals surface area (Å²) in [4.78, 5) is 13.7. The zero-order valence-electron chi connectivity index (χ0n) is 24.3. The van der Waals surface area contributed by atoms with Gasteiger partial charge in [0.1, 0.15) is 0 Å². The second-order valence-electron chi connectivity index (χ2n) is 11.3. The third-order valence-electron chi connectivity index (χ3n) is 8.15. The molecule has 1 fully saturated rings. The van der Waals surface area contributed by atoms with Crippen molar-refractivity contribution in [3.63, 3.8) is 0 Å². The van der Waals surface area contributed by atoms with E-state index in [1.54, 1.807) is 0 Å². The molecule has 0 bridgehead atoms. The molecule has 210 valence electrons. The minimum atomic E-state index is -0.974. The number of rotatable bonds is 9. The first kappa shape index (κ1) is 28.8. The van der Waals surface area contributed by atoms with Crippen LogP contribution in [-0.4, -0.2) is 37.6 Å². The second-order valence-corrected chi connectivity index (χ2v) is 11.3. The molecule has 5 rings (SSSR count). The van der Waals surface area contributed by atoms with Crippen molar-refractivity contribution in [2.75, 3.05) is 12.4 Å². The molecule has 0 aliphatic carbocycles. The minimum absolute atomic E-state index is 0.317. The van der Waals surface area contributed by atoms with Crippen LogP contribution in [0.5, 0.6) is 0 Å². The lowest BCUT2D eigenvalue weighted by Crippen LogP contribution is -2.54. The van der Waals surface area contributed by atoms with Gasteiger partial charge in [-0.2, -0.15) is 0 Å². The van der Waals surface area contributed by atoms with E-state index in [4.69, 9.17) is 14.0 Å². The third-order valence-corrected chi connectivity index (χ3v) is 8.15. The number of amides is 1. The maximum Gasteiger partial charge on any atom is 0.494 e. The molecule has 1 heterocycles. The molecule has 41 heavy (non-hydrogen) atoms. The van der Waals surface area contributed by atoms with E-state index in [0.717, 1.165) is 22.2 Å². The third kappa shape index (κ3) is 5.72. The lowest BCUT2D eigenvalue weighted by molar-refractivity contribution is -0.128. The molecule has 0 aromatic heterocycles. The summed E-state index contributed by atoms with van der Waals surface area (Å²) in [6.07, 6.45) is -0.974. The first-order chi connectivity index (χ1) is 19.7. The zero-order valence-corrected chi connectivity index (χ0v) is 24.3. The highest BCUT2D eigenvalue weighted by molar-refractivity contribution is 6.62. The van der Waals surface area contributed by atoms with Crippen LogP contribution in [0.25, 0.3) is 0 Å². The quantitative estimate of drug-likeness (QED) is 0.165. The zero-order chi connectivity index (χ0) is 29.1. The molecule has 0 spiro atoms. The van der Waals surface area contributed by atoms with E-state index < -0.39 is 30.1 Å². The van der Waals surface area contributed by atoms with Crippen LogP contribution >= 0.6 is 0 Å². The fourth-order valence-corrected chi connectivity index (χ4v) is 5.15. The highest BCUT2D eigenvalue weighted by atomic mass is 16.7. The van der Waals surface area contributed by atoms with Crippen LogP contribution < -0.4 is 16.1 Å². The van der Waals surface area contributed by atoms with Crippen molar-refractivity contribution in [2.45, 2.75) is 50.7 Å². The van der Waals surface area contributed by atoms with Crippen LogP contribution in [0.15, 0.2) is 115 Å². The molecule has 1 aliphatic rings. The van der Waals surface area contributed by atoms with Crippen LogP contribution in [0.3, 0.4) is 0 Å². The number of hydrogen-bond donors (Lipinski definition) is 2. The standard InChI is InChI=1S/C34H37BN2O4/c1-32(2)33(3,4)41-35(40-32)28-21-23-29(24-22-28)36-30(38)31(39-5)37-34(25-15-9-6-10-16-25,26-17-11-7-12-18-26)27-19-13-8-14-20-27/h6-24,31,37H,1-5H3,(H,36,38)/t31-/m1/s1. The van der Waals surface area contributed by atoms with Crippen molar-refractivity contribution < 1.29 is 18.8 Å². The van der Waals surface area contributed by atoms with Crippen molar-refractivity contribution in [3.8, 4) is 0 Å². The smallest absolute Gasteiger partial charge is 0.399 e. The van der Waals surface area contributed by atoms with Crippen LogP contribution in [0.4, 0.5) is 5.69 Å². The van der Waals surface area contributed by atoms with E-state index in [0.29, 0.717) is 5.69 Å². The average Bonchev–Trinajstić information content (AvgIpc) is 3.21. The summed E-state index contributed by atoms with van der Waals surface area (Å²) in [6.45, 7) is 8.11. The summed E-state index contributed by atoms with van der Waals surface area (Å²) in [7, 11) is 1.06. The number of carbonyl (C=O) groups excluding carboxylic acids is 1. The van der Waals surface area contributed by atoms with E-state index in [1.807, 2.05) is 107 Å². The van der Waals surface area contributed by atoms with E-state index in [-0.39, 0.29) is 5.91 Å². The number of anilines is 1. The van der Waals surface area contributed by atoms with Gasteiger partial charge in [0.25, 0.3) is 5.91 Å². The first-order valence-corrected chi connectivity index (χ1v) is 13.9. The Morgan fingerprint density at radius 2 is 1.12 bits per heavy atom. The summed E-state index contributed by atoms with van der Waals surface area (Å²) in [5, 5.41) is 6.60. The Hall–Kier alpha value is -3.75. The van der Waals surface area contributed by atoms with Gasteiger partial charge in [-0.1, -0.05) is 103 Å². The van der Waals surface area contributed by atoms with Gasteiger partial charge in [-0.05, 0) is 62.0 Å². The first-order valence-electron chi connectivity index (χ1n) is 13.9. The monoisotopic (exact) mass is 548 g/mol. The largest absolute Gasteiger partial charge is 0.494 e. The van der Waals surface area contributed by atoms with Gasteiger partial charge in [0.2, 0.25) is 0 Å². The Labute approximate surface area is 243 Å². The van der Waals surface area contributed by atoms with Gasteiger partial charge in [0.05, 0.1) is 16.7 Å². The predicted octanol–water partition coefficient (Wildman–Crippen LogP) is 5.48. The Bertz CT molecular complexity index is 1330. The van der Waals surface area contributed by atoms with Crippen molar-refractivity contribution in [1.82, 2.24) is 5.32 Å². The molecule has 2 N–H and O–H groups in total. The van der Waals surface area contributed by atoms with Gasteiger partial charge in [-0.25, -0.2) is 0 Å². The molecule has 1 atom stereocenters. The van der Waals surface area contributed by atoms with Crippen molar-refractivity contribution in [1.29, 1.82) is 0 Å². The second kappa shape index (κ2) is 11.6. The molecule has 1 amide bonds. The highest BCUT2D eigenvalue weighted by Crippen LogP contribution is 2.38. The number of benzene rings is 4. The van der Waals surface area contributed by atoms with Gasteiger partial charge in [0, 0.05) is 12.8 Å². The van der Waals surface area contributed by atoms with Gasteiger partial charge < -0.3 is 19.4 Å². The average molecular weight is 548 g/mol. The number of hydrogen-bond acceptors (Lipinski definition) is 5. The Kier molecular flexibility index (Phi) is 8.16. The minimum Gasteiger partial charge on any atom is -0.399 e. The fourth-order valence-electron chi connectivity index (χ4n) is 5.15. The van der Waals surface area contributed by atoms with Crippen LogP contribution in [-0.2, 0) is 24.4 Å². The van der Waals surface area contributed by atoms with E-state index in [9.17, 15) is 4.79 Å². The normalized spacial score (nSPS) is 16.8. The number of methoxy groups -OCH3 is 1. The summed E-state index contributed by atoms with van der Waals surface area (Å²) in [5.74, 6) is -0.317. The van der Waals surface area contributed by atoms with Gasteiger partial charge >= 0.3 is 7.12 Å². The van der Waals surface area contributed by atoms with Crippen molar-refractivity contribution in [2.24, 2.45) is 0 Å². The van der Waals surface area contributed by atoms with Crippen molar-refractivity contribution >= 4 is 24.2 Å². The summed E-state index contributed by atoms with van der Waals surface area (Å²) in [6, 6.07) is 37.9. The van der Waals surface area contributed by atoms with Gasteiger partial charge in [0.15, 0.2) is 6.23 Å².